The molecule has 27 heavy (non-hydrogen) atoms. The number of rotatable bonds is 7. The van der Waals surface area contributed by atoms with Crippen molar-refractivity contribution in [1.29, 1.82) is 0 Å². The number of furan rings is 1. The highest BCUT2D eigenvalue weighted by molar-refractivity contribution is 7.98. The second-order valence-electron chi connectivity index (χ2n) is 5.99. The molecule has 0 unspecified atom stereocenters. The molecule has 0 aliphatic carbocycles. The van der Waals surface area contributed by atoms with Gasteiger partial charge in [0.1, 0.15) is 5.75 Å². The maximum absolute atomic E-state index is 5.56. The molecule has 2 heterocycles. The Morgan fingerprint density at radius 2 is 1.74 bits per heavy atom. The van der Waals surface area contributed by atoms with Gasteiger partial charge in [0.05, 0.1) is 19.9 Å². The summed E-state index contributed by atoms with van der Waals surface area (Å²) in [6, 6.07) is 22.1. The molecule has 5 nitrogen and oxygen atoms in total. The van der Waals surface area contributed by atoms with Crippen LogP contribution in [0.3, 0.4) is 0 Å². The Kier molecular flexibility index (Phi) is 5.25. The summed E-state index contributed by atoms with van der Waals surface area (Å²) in [6.45, 7) is 0.657. The van der Waals surface area contributed by atoms with Crippen molar-refractivity contribution in [2.75, 3.05) is 7.11 Å². The van der Waals surface area contributed by atoms with E-state index in [1.807, 2.05) is 42.5 Å². The van der Waals surface area contributed by atoms with Crippen LogP contribution >= 0.6 is 11.8 Å². The largest absolute Gasteiger partial charge is 0.497 e. The molecule has 0 aliphatic heterocycles. The molecular formula is C21H19N3O2S. The van der Waals surface area contributed by atoms with E-state index in [0.29, 0.717) is 12.3 Å². The summed E-state index contributed by atoms with van der Waals surface area (Å²) in [5.74, 6) is 3.11. The predicted octanol–water partition coefficient (Wildman–Crippen LogP) is 4.89. The van der Waals surface area contributed by atoms with E-state index in [-0.39, 0.29) is 0 Å². The molecule has 0 atom stereocenters. The van der Waals surface area contributed by atoms with Crippen molar-refractivity contribution in [3.8, 4) is 17.3 Å². The molecule has 6 heteroatoms. The molecule has 4 rings (SSSR count). The minimum Gasteiger partial charge on any atom is -0.497 e. The maximum atomic E-state index is 5.56. The van der Waals surface area contributed by atoms with E-state index in [1.54, 1.807) is 25.1 Å². The predicted molar refractivity (Wildman–Crippen MR) is 106 cm³/mol. The Hall–Kier alpha value is -2.99. The normalized spacial score (nSPS) is 10.9. The second kappa shape index (κ2) is 8.14. The molecule has 0 saturated carbocycles. The standard InChI is InChI=1S/C21H19N3O2S/c1-25-18-11-9-16(10-12-18)14-24-20(19-8-5-13-26-19)22-23-21(24)27-15-17-6-3-2-4-7-17/h2-13H,14-15H2,1H3. The SMILES string of the molecule is COc1ccc(Cn2c(SCc3ccccc3)nnc2-c2ccco2)cc1. The highest BCUT2D eigenvalue weighted by Crippen LogP contribution is 2.28. The number of thioether (sulfide) groups is 1. The lowest BCUT2D eigenvalue weighted by Crippen LogP contribution is -2.04. The van der Waals surface area contributed by atoms with Gasteiger partial charge in [0.25, 0.3) is 0 Å². The van der Waals surface area contributed by atoms with Crippen LogP contribution in [0.15, 0.2) is 82.6 Å². The van der Waals surface area contributed by atoms with Crippen LogP contribution in [0.4, 0.5) is 0 Å². The quantitative estimate of drug-likeness (QED) is 0.429. The minimum atomic E-state index is 0.657. The molecular weight excluding hydrogens is 358 g/mol. The molecule has 2 aromatic carbocycles. The summed E-state index contributed by atoms with van der Waals surface area (Å²) >= 11 is 1.67. The Morgan fingerprint density at radius 3 is 2.44 bits per heavy atom. The van der Waals surface area contributed by atoms with Crippen LogP contribution < -0.4 is 4.74 Å². The van der Waals surface area contributed by atoms with Gasteiger partial charge in [-0.2, -0.15) is 0 Å². The molecule has 136 valence electrons. The first kappa shape index (κ1) is 17.4. The Morgan fingerprint density at radius 1 is 0.926 bits per heavy atom. The molecule has 0 spiro atoms. The molecule has 0 saturated heterocycles. The van der Waals surface area contributed by atoms with E-state index in [4.69, 9.17) is 9.15 Å². The van der Waals surface area contributed by atoms with Crippen molar-refractivity contribution >= 4 is 11.8 Å². The van der Waals surface area contributed by atoms with Crippen LogP contribution in [0.25, 0.3) is 11.6 Å². The van der Waals surface area contributed by atoms with Crippen LogP contribution in [-0.4, -0.2) is 21.9 Å². The van der Waals surface area contributed by atoms with Gasteiger partial charge >= 0.3 is 0 Å². The van der Waals surface area contributed by atoms with Crippen molar-refractivity contribution in [3.63, 3.8) is 0 Å². The fourth-order valence-corrected chi connectivity index (χ4v) is 3.66. The van der Waals surface area contributed by atoms with Gasteiger partial charge in [0, 0.05) is 5.75 Å². The lowest BCUT2D eigenvalue weighted by Gasteiger charge is -2.10. The summed E-state index contributed by atoms with van der Waals surface area (Å²) in [5.41, 5.74) is 2.39. The molecule has 0 aliphatic rings. The lowest BCUT2D eigenvalue weighted by molar-refractivity contribution is 0.414. The van der Waals surface area contributed by atoms with Crippen LogP contribution in [0.5, 0.6) is 5.75 Å². The number of hydrogen-bond donors (Lipinski definition) is 0. The van der Waals surface area contributed by atoms with Gasteiger partial charge in [-0.05, 0) is 35.4 Å². The number of methoxy groups -OCH3 is 1. The van der Waals surface area contributed by atoms with Crippen LogP contribution in [0, 0.1) is 0 Å². The third-order valence-corrected chi connectivity index (χ3v) is 5.21. The van der Waals surface area contributed by atoms with E-state index >= 15 is 0 Å². The molecule has 4 aromatic rings. The number of aromatic nitrogens is 3. The second-order valence-corrected chi connectivity index (χ2v) is 6.93. The fourth-order valence-electron chi connectivity index (χ4n) is 2.76. The zero-order chi connectivity index (χ0) is 18.5. The first-order valence-corrected chi connectivity index (χ1v) is 9.59. The summed E-state index contributed by atoms with van der Waals surface area (Å²) in [6.07, 6.45) is 1.65. The fraction of sp³-hybridized carbons (Fsp3) is 0.143. The highest BCUT2D eigenvalue weighted by atomic mass is 32.2. The van der Waals surface area contributed by atoms with Crippen molar-refractivity contribution in [1.82, 2.24) is 14.8 Å². The van der Waals surface area contributed by atoms with Gasteiger partial charge in [-0.15, -0.1) is 10.2 Å². The van der Waals surface area contributed by atoms with Crippen molar-refractivity contribution in [2.24, 2.45) is 0 Å². The minimum absolute atomic E-state index is 0.657. The Labute approximate surface area is 162 Å². The van der Waals surface area contributed by atoms with Crippen molar-refractivity contribution in [2.45, 2.75) is 17.5 Å². The van der Waals surface area contributed by atoms with E-state index in [1.165, 1.54) is 5.56 Å². The molecule has 0 amide bonds. The van der Waals surface area contributed by atoms with Gasteiger partial charge < -0.3 is 9.15 Å². The van der Waals surface area contributed by atoms with Gasteiger partial charge in [-0.3, -0.25) is 4.57 Å². The Balaban J connectivity index is 1.62. The monoisotopic (exact) mass is 377 g/mol. The molecule has 0 N–H and O–H groups in total. The maximum Gasteiger partial charge on any atom is 0.200 e. The van der Waals surface area contributed by atoms with Gasteiger partial charge in [-0.1, -0.05) is 54.2 Å². The van der Waals surface area contributed by atoms with Crippen LogP contribution in [-0.2, 0) is 12.3 Å². The number of ether oxygens (including phenoxy) is 1. The molecule has 2 aromatic heterocycles. The lowest BCUT2D eigenvalue weighted by atomic mass is 10.2. The average Bonchev–Trinajstić information content (AvgIpc) is 3.38. The molecule has 0 radical (unpaired) electrons. The van der Waals surface area contributed by atoms with E-state index in [0.717, 1.165) is 28.0 Å². The molecule has 0 fully saturated rings. The average molecular weight is 377 g/mol. The zero-order valence-electron chi connectivity index (χ0n) is 14.9. The number of benzene rings is 2. The summed E-state index contributed by atoms with van der Waals surface area (Å²) in [4.78, 5) is 0. The topological polar surface area (TPSA) is 53.1 Å². The number of hydrogen-bond acceptors (Lipinski definition) is 5. The van der Waals surface area contributed by atoms with Crippen LogP contribution in [0.2, 0.25) is 0 Å². The van der Waals surface area contributed by atoms with Crippen molar-refractivity contribution in [3.05, 3.63) is 84.1 Å². The first-order chi connectivity index (χ1) is 13.3. The summed E-state index contributed by atoms with van der Waals surface area (Å²) < 4.78 is 12.9. The zero-order valence-corrected chi connectivity index (χ0v) is 15.7. The number of nitrogens with zero attached hydrogens (tertiary/aromatic N) is 3. The van der Waals surface area contributed by atoms with Gasteiger partial charge in [-0.25, -0.2) is 0 Å². The van der Waals surface area contributed by atoms with Gasteiger partial charge in [0.15, 0.2) is 10.9 Å². The smallest absolute Gasteiger partial charge is 0.200 e. The highest BCUT2D eigenvalue weighted by Gasteiger charge is 2.17. The molecule has 0 bridgehead atoms. The van der Waals surface area contributed by atoms with Crippen LogP contribution in [0.1, 0.15) is 11.1 Å². The van der Waals surface area contributed by atoms with E-state index < -0.39 is 0 Å². The van der Waals surface area contributed by atoms with E-state index in [9.17, 15) is 0 Å². The third kappa shape index (κ3) is 4.06. The van der Waals surface area contributed by atoms with E-state index in [2.05, 4.69) is 39.0 Å². The summed E-state index contributed by atoms with van der Waals surface area (Å²) in [7, 11) is 1.67. The van der Waals surface area contributed by atoms with Gasteiger partial charge in [0.2, 0.25) is 5.82 Å². The summed E-state index contributed by atoms with van der Waals surface area (Å²) in [5, 5.41) is 9.64. The third-order valence-electron chi connectivity index (χ3n) is 4.17. The Bertz CT molecular complexity index is 980. The first-order valence-electron chi connectivity index (χ1n) is 8.60. The van der Waals surface area contributed by atoms with Crippen molar-refractivity contribution < 1.29 is 9.15 Å².